The van der Waals surface area contributed by atoms with E-state index in [-0.39, 0.29) is 90.4 Å². The Morgan fingerprint density at radius 3 is 2.19 bits per heavy atom. The van der Waals surface area contributed by atoms with Gasteiger partial charge in [-0.15, -0.1) is 0 Å². The van der Waals surface area contributed by atoms with Crippen molar-refractivity contribution in [1.29, 1.82) is 0 Å². The fourth-order valence-electron chi connectivity index (χ4n) is 10.2. The number of fused-ring (bicyclic) bond motifs is 5. The molecule has 43 heavy (non-hydrogen) atoms. The maximum Gasteiger partial charge on any atom is 0.319 e. The normalized spacial score (nSPS) is 39.3. The Morgan fingerprint density at radius 2 is 1.53 bits per heavy atom. The van der Waals surface area contributed by atoms with Gasteiger partial charge in [-0.25, -0.2) is 0 Å². The predicted octanol–water partition coefficient (Wildman–Crippen LogP) is 2.84. The highest BCUT2D eigenvalue weighted by molar-refractivity contribution is 5.72. The molecule has 0 amide bonds. The summed E-state index contributed by atoms with van der Waals surface area (Å²) in [5.41, 5.74) is 16.8. The van der Waals surface area contributed by atoms with Crippen LogP contribution in [-0.4, -0.2) is 80.9 Å². The molecule has 4 saturated carbocycles. The number of nitrogens with zero attached hydrogens (tertiary/aromatic N) is 1. The van der Waals surface area contributed by atoms with Crippen molar-refractivity contribution in [2.45, 2.75) is 104 Å². The fraction of sp³-hybridized carbons (Fsp3) is 0.909. The van der Waals surface area contributed by atoms with Gasteiger partial charge >= 0.3 is 17.9 Å². The number of hydrogen-bond acceptors (Lipinski definition) is 10. The number of carbonyl (C=O) groups is 3. The molecule has 4 aliphatic carbocycles. The lowest BCUT2D eigenvalue weighted by molar-refractivity contribution is -0.225. The number of esters is 3. The van der Waals surface area contributed by atoms with E-state index in [2.05, 4.69) is 39.6 Å². The minimum Gasteiger partial charge on any atom is -0.461 e. The third kappa shape index (κ3) is 6.77. The first kappa shape index (κ1) is 34.1. The molecular weight excluding hydrogens is 548 g/mol. The summed E-state index contributed by atoms with van der Waals surface area (Å²) in [5.74, 6) is 0.523. The molecule has 4 aliphatic rings. The van der Waals surface area contributed by atoms with E-state index in [1.807, 2.05) is 0 Å². The van der Waals surface area contributed by atoms with Crippen LogP contribution in [0.1, 0.15) is 85.5 Å². The topological polar surface area (TPSA) is 160 Å². The van der Waals surface area contributed by atoms with E-state index in [1.54, 1.807) is 0 Å². The van der Waals surface area contributed by atoms with Gasteiger partial charge in [0, 0.05) is 11.3 Å². The van der Waals surface area contributed by atoms with Crippen LogP contribution in [0.25, 0.3) is 0 Å². The average molecular weight is 607 g/mol. The Morgan fingerprint density at radius 1 is 0.884 bits per heavy atom. The predicted molar refractivity (Wildman–Crippen MR) is 164 cm³/mol. The molecule has 0 radical (unpaired) electrons. The van der Waals surface area contributed by atoms with Gasteiger partial charge in [0.25, 0.3) is 0 Å². The highest BCUT2D eigenvalue weighted by Gasteiger charge is 2.67. The van der Waals surface area contributed by atoms with Crippen LogP contribution in [-0.2, 0) is 28.6 Å². The number of nitrogens with two attached hydrogens (primary N) is 3. The van der Waals surface area contributed by atoms with Gasteiger partial charge in [0.2, 0.25) is 0 Å². The molecule has 10 nitrogen and oxygen atoms in total. The summed E-state index contributed by atoms with van der Waals surface area (Å²) in [6, 6.07) is 0. The Hall–Kier alpha value is -1.75. The first-order chi connectivity index (χ1) is 20.4. The zero-order valence-electron chi connectivity index (χ0n) is 27.2. The van der Waals surface area contributed by atoms with Crippen LogP contribution in [0.3, 0.4) is 0 Å². The maximum atomic E-state index is 12.8. The summed E-state index contributed by atoms with van der Waals surface area (Å²) in [6.45, 7) is 10.9. The van der Waals surface area contributed by atoms with Gasteiger partial charge in [-0.3, -0.25) is 14.4 Å². The van der Waals surface area contributed by atoms with Crippen LogP contribution in [0.2, 0.25) is 0 Å². The third-order valence-corrected chi connectivity index (χ3v) is 12.5. The molecule has 0 aliphatic heterocycles. The van der Waals surface area contributed by atoms with Crippen LogP contribution in [0.15, 0.2) is 0 Å². The minimum atomic E-state index is -0.386. The summed E-state index contributed by atoms with van der Waals surface area (Å²) in [7, 11) is 2.16. The summed E-state index contributed by atoms with van der Waals surface area (Å²) >= 11 is 0. The summed E-state index contributed by atoms with van der Waals surface area (Å²) in [6.07, 6.45) is 7.46. The molecular formula is C33H58N4O6. The second-order valence-corrected chi connectivity index (χ2v) is 14.5. The van der Waals surface area contributed by atoms with E-state index in [0.29, 0.717) is 18.3 Å². The Kier molecular flexibility index (Phi) is 11.2. The van der Waals surface area contributed by atoms with Crippen molar-refractivity contribution in [3.05, 3.63) is 0 Å². The van der Waals surface area contributed by atoms with E-state index in [0.717, 1.165) is 64.5 Å². The van der Waals surface area contributed by atoms with Gasteiger partial charge in [0.15, 0.2) is 0 Å². The maximum absolute atomic E-state index is 12.8. The largest absolute Gasteiger partial charge is 0.461 e. The molecule has 0 heterocycles. The van der Waals surface area contributed by atoms with Crippen LogP contribution in [0, 0.1) is 46.3 Å². The van der Waals surface area contributed by atoms with Crippen molar-refractivity contribution in [2.75, 3.05) is 39.8 Å². The van der Waals surface area contributed by atoms with Gasteiger partial charge in [-0.2, -0.15) is 0 Å². The Bertz CT molecular complexity index is 996. The van der Waals surface area contributed by atoms with Crippen molar-refractivity contribution in [2.24, 2.45) is 63.5 Å². The molecule has 0 aromatic heterocycles. The van der Waals surface area contributed by atoms with E-state index >= 15 is 0 Å². The molecule has 6 N–H and O–H groups in total. The molecule has 3 unspecified atom stereocenters. The lowest BCUT2D eigenvalue weighted by Crippen LogP contribution is -2.63. The summed E-state index contributed by atoms with van der Waals surface area (Å²) in [4.78, 5) is 39.9. The van der Waals surface area contributed by atoms with Crippen molar-refractivity contribution in [1.82, 2.24) is 4.90 Å². The first-order valence-electron chi connectivity index (χ1n) is 16.8. The van der Waals surface area contributed by atoms with Crippen LogP contribution in [0.4, 0.5) is 0 Å². The van der Waals surface area contributed by atoms with Crippen LogP contribution in [0.5, 0.6) is 0 Å². The standard InChI is InChI=1S/C33H58N4O6/c1-6-37(5)13-7-8-20(2)23-9-10-24-31-25(16-27(33(23,24)4)43-30(40)19-36)32(3)12-11-22(41-28(38)17-34)14-21(32)15-26(31)42-29(39)18-35/h20-27,31H,6-19,34-36H2,1-5H3/t20-,21?,22-,23-,24+,25+,26-,27+,31?,32?,33-/m1/s1. The van der Waals surface area contributed by atoms with Crippen molar-refractivity contribution in [3.63, 3.8) is 0 Å². The molecule has 4 rings (SSSR count). The number of hydrogen-bond donors (Lipinski definition) is 3. The highest BCUT2D eigenvalue weighted by Crippen LogP contribution is 2.69. The second-order valence-electron chi connectivity index (χ2n) is 14.5. The van der Waals surface area contributed by atoms with Gasteiger partial charge < -0.3 is 36.3 Å². The smallest absolute Gasteiger partial charge is 0.319 e. The number of ether oxygens (including phenoxy) is 3. The van der Waals surface area contributed by atoms with Crippen LogP contribution >= 0.6 is 0 Å². The van der Waals surface area contributed by atoms with E-state index in [4.69, 9.17) is 31.4 Å². The molecule has 0 bridgehead atoms. The second kappa shape index (κ2) is 14.1. The SMILES string of the molecule is CCN(C)CCC[C@@H](C)[C@H]1CC[C@H]2C3[C@H](OC(=O)CN)CC4C[C@H](OC(=O)CN)CCC4(C)[C@H]3C[C@H](OC(=O)CN)[C@]12C. The molecule has 4 fully saturated rings. The van der Waals surface area contributed by atoms with E-state index < -0.39 is 0 Å². The average Bonchev–Trinajstić information content (AvgIpc) is 3.35. The van der Waals surface area contributed by atoms with Crippen molar-refractivity contribution < 1.29 is 28.6 Å². The van der Waals surface area contributed by atoms with Gasteiger partial charge in [-0.05, 0) is 113 Å². The molecule has 10 heteroatoms. The number of rotatable bonds is 12. The van der Waals surface area contributed by atoms with Gasteiger partial charge in [0.05, 0.1) is 19.6 Å². The van der Waals surface area contributed by atoms with Gasteiger partial charge in [-0.1, -0.05) is 27.7 Å². The minimum absolute atomic E-state index is 0.0644. The Labute approximate surface area is 258 Å². The highest BCUT2D eigenvalue weighted by atomic mass is 16.6. The number of carbonyl (C=O) groups excluding carboxylic acids is 3. The zero-order chi connectivity index (χ0) is 31.5. The molecule has 0 spiro atoms. The summed E-state index contributed by atoms with van der Waals surface area (Å²) < 4.78 is 18.2. The molecule has 246 valence electrons. The molecule has 0 aromatic carbocycles. The van der Waals surface area contributed by atoms with Crippen molar-refractivity contribution >= 4 is 17.9 Å². The van der Waals surface area contributed by atoms with Gasteiger partial charge in [0.1, 0.15) is 18.3 Å². The molecule has 0 aromatic rings. The third-order valence-electron chi connectivity index (χ3n) is 12.5. The molecule has 11 atom stereocenters. The first-order valence-corrected chi connectivity index (χ1v) is 16.8. The lowest BCUT2D eigenvalue weighted by atomic mass is 9.43. The van der Waals surface area contributed by atoms with Crippen molar-refractivity contribution in [3.8, 4) is 0 Å². The van der Waals surface area contributed by atoms with E-state index in [9.17, 15) is 14.4 Å². The Balaban J connectivity index is 1.68. The van der Waals surface area contributed by atoms with Crippen LogP contribution < -0.4 is 17.2 Å². The zero-order valence-corrected chi connectivity index (χ0v) is 27.2. The lowest BCUT2D eigenvalue weighted by Gasteiger charge is -2.64. The quantitative estimate of drug-likeness (QED) is 0.223. The molecule has 0 saturated heterocycles. The summed E-state index contributed by atoms with van der Waals surface area (Å²) in [5, 5.41) is 0. The fourth-order valence-corrected chi connectivity index (χ4v) is 10.2. The monoisotopic (exact) mass is 606 g/mol. The van der Waals surface area contributed by atoms with E-state index in [1.165, 1.54) is 0 Å².